The fraction of sp³-hybridized carbons (Fsp3) is 0.400. The summed E-state index contributed by atoms with van der Waals surface area (Å²) in [6.07, 6.45) is 0.343. The molecule has 1 aliphatic heterocycles. The normalized spacial score (nSPS) is 15.5. The van der Waals surface area contributed by atoms with Crippen LogP contribution in [0.1, 0.15) is 37.4 Å². The molecule has 0 saturated carbocycles. The van der Waals surface area contributed by atoms with E-state index in [-0.39, 0.29) is 30.8 Å². The minimum atomic E-state index is -0.613. The van der Waals surface area contributed by atoms with Crippen LogP contribution in [0.5, 0.6) is 5.75 Å². The van der Waals surface area contributed by atoms with Crippen LogP contribution in [0.3, 0.4) is 0 Å². The fourth-order valence-electron chi connectivity index (χ4n) is 3.77. The predicted octanol–water partition coefficient (Wildman–Crippen LogP) is 3.64. The molecule has 0 aromatic heterocycles. The Hall–Kier alpha value is -3.26. The van der Waals surface area contributed by atoms with Gasteiger partial charge in [0.25, 0.3) is 5.91 Å². The zero-order valence-corrected chi connectivity index (χ0v) is 19.5. The van der Waals surface area contributed by atoms with Gasteiger partial charge in [-0.1, -0.05) is 44.2 Å². The number of rotatable bonds is 9. The minimum Gasteiger partial charge on any atom is -0.497 e. The number of hydrazone groups is 1. The van der Waals surface area contributed by atoms with Gasteiger partial charge in [0.1, 0.15) is 18.1 Å². The minimum absolute atomic E-state index is 0.154. The summed E-state index contributed by atoms with van der Waals surface area (Å²) < 4.78 is 25.1. The van der Waals surface area contributed by atoms with Gasteiger partial charge in [0, 0.05) is 37.1 Å². The molecule has 0 aliphatic carbocycles. The standard InChI is InChI=1S/C25H30FN3O4/c1-17(2)25(31)28(12-13-32-3)16-24(30)29-23(20-10-5-6-11-21(20)26)15-22(27-29)18-8-7-9-19(14-18)33-4/h5-11,14,17,23H,12-13,15-16H2,1-4H3. The van der Waals surface area contributed by atoms with Crippen LogP contribution in [0.2, 0.25) is 0 Å². The first-order valence-electron chi connectivity index (χ1n) is 10.9. The number of hydrogen-bond donors (Lipinski definition) is 0. The van der Waals surface area contributed by atoms with Crippen LogP contribution in [0, 0.1) is 11.7 Å². The number of carbonyl (C=O) groups is 2. The lowest BCUT2D eigenvalue weighted by atomic mass is 9.98. The Morgan fingerprint density at radius 1 is 1.18 bits per heavy atom. The Bertz CT molecular complexity index is 1020. The first-order valence-corrected chi connectivity index (χ1v) is 10.9. The number of nitrogens with zero attached hydrogens (tertiary/aromatic N) is 3. The number of hydrogen-bond acceptors (Lipinski definition) is 5. The second kappa shape index (κ2) is 11.0. The molecule has 0 N–H and O–H groups in total. The molecule has 0 saturated heterocycles. The van der Waals surface area contributed by atoms with Crippen molar-refractivity contribution in [3.05, 3.63) is 65.5 Å². The van der Waals surface area contributed by atoms with E-state index in [1.54, 1.807) is 46.3 Å². The van der Waals surface area contributed by atoms with Gasteiger partial charge in [-0.15, -0.1) is 0 Å². The SMILES string of the molecule is COCCN(CC(=O)N1N=C(c2cccc(OC)c2)CC1c1ccccc1F)C(=O)C(C)C. The van der Waals surface area contributed by atoms with Crippen LogP contribution in [-0.4, -0.2) is 61.4 Å². The summed E-state index contributed by atoms with van der Waals surface area (Å²) in [6.45, 7) is 3.98. The van der Waals surface area contributed by atoms with Crippen molar-refractivity contribution < 1.29 is 23.5 Å². The van der Waals surface area contributed by atoms with Gasteiger partial charge in [-0.05, 0) is 18.2 Å². The first kappa shape index (κ1) is 24.4. The third kappa shape index (κ3) is 5.76. The van der Waals surface area contributed by atoms with E-state index in [4.69, 9.17) is 9.47 Å². The first-order chi connectivity index (χ1) is 15.8. The van der Waals surface area contributed by atoms with Crippen molar-refractivity contribution >= 4 is 17.5 Å². The molecule has 8 heteroatoms. The quantitative estimate of drug-likeness (QED) is 0.579. The maximum atomic E-state index is 14.7. The van der Waals surface area contributed by atoms with Crippen molar-refractivity contribution in [3.63, 3.8) is 0 Å². The van der Waals surface area contributed by atoms with E-state index in [2.05, 4.69) is 5.10 Å². The summed E-state index contributed by atoms with van der Waals surface area (Å²) in [6, 6.07) is 13.1. The molecule has 33 heavy (non-hydrogen) atoms. The van der Waals surface area contributed by atoms with Crippen LogP contribution in [0.4, 0.5) is 4.39 Å². The van der Waals surface area contributed by atoms with Gasteiger partial charge < -0.3 is 14.4 Å². The zero-order valence-electron chi connectivity index (χ0n) is 19.5. The van der Waals surface area contributed by atoms with Gasteiger partial charge in [0.15, 0.2) is 0 Å². The van der Waals surface area contributed by atoms with Crippen molar-refractivity contribution in [2.24, 2.45) is 11.0 Å². The van der Waals surface area contributed by atoms with Gasteiger partial charge in [-0.3, -0.25) is 9.59 Å². The third-order valence-corrected chi connectivity index (χ3v) is 5.53. The summed E-state index contributed by atoms with van der Waals surface area (Å²) in [7, 11) is 3.12. The van der Waals surface area contributed by atoms with Crippen molar-refractivity contribution in [3.8, 4) is 5.75 Å². The van der Waals surface area contributed by atoms with Crippen LogP contribution < -0.4 is 4.74 Å². The molecule has 1 aliphatic rings. The highest BCUT2D eigenvalue weighted by atomic mass is 19.1. The van der Waals surface area contributed by atoms with Crippen molar-refractivity contribution in [2.75, 3.05) is 33.9 Å². The second-order valence-electron chi connectivity index (χ2n) is 8.17. The average Bonchev–Trinajstić information content (AvgIpc) is 3.27. The van der Waals surface area contributed by atoms with Crippen LogP contribution in [-0.2, 0) is 14.3 Å². The predicted molar refractivity (Wildman–Crippen MR) is 123 cm³/mol. The van der Waals surface area contributed by atoms with E-state index in [0.29, 0.717) is 30.1 Å². The van der Waals surface area contributed by atoms with Gasteiger partial charge in [0.05, 0.1) is 25.5 Å². The fourth-order valence-corrected chi connectivity index (χ4v) is 3.77. The molecule has 1 unspecified atom stereocenters. The maximum absolute atomic E-state index is 14.7. The monoisotopic (exact) mass is 455 g/mol. The highest BCUT2D eigenvalue weighted by molar-refractivity contribution is 6.03. The molecule has 1 atom stereocenters. The summed E-state index contributed by atoms with van der Waals surface area (Å²) in [5, 5.41) is 5.89. The lowest BCUT2D eigenvalue weighted by Crippen LogP contribution is -2.44. The van der Waals surface area contributed by atoms with E-state index in [1.165, 1.54) is 16.0 Å². The van der Waals surface area contributed by atoms with E-state index in [9.17, 15) is 14.0 Å². The molecular weight excluding hydrogens is 425 g/mol. The van der Waals surface area contributed by atoms with Crippen LogP contribution in [0.15, 0.2) is 53.6 Å². The number of benzene rings is 2. The van der Waals surface area contributed by atoms with Crippen LogP contribution >= 0.6 is 0 Å². The third-order valence-electron chi connectivity index (χ3n) is 5.53. The molecule has 0 fully saturated rings. The van der Waals surface area contributed by atoms with Gasteiger partial charge in [-0.25, -0.2) is 9.40 Å². The largest absolute Gasteiger partial charge is 0.497 e. The summed E-state index contributed by atoms with van der Waals surface area (Å²) in [5.41, 5.74) is 1.82. The Balaban J connectivity index is 1.94. The number of carbonyl (C=O) groups excluding carboxylic acids is 2. The Morgan fingerprint density at radius 2 is 1.94 bits per heavy atom. The number of amides is 2. The van der Waals surface area contributed by atoms with Crippen molar-refractivity contribution in [1.82, 2.24) is 9.91 Å². The molecule has 0 radical (unpaired) electrons. The van der Waals surface area contributed by atoms with E-state index >= 15 is 0 Å². The molecular formula is C25H30FN3O4. The van der Waals surface area contributed by atoms with E-state index in [0.717, 1.165) is 5.56 Å². The zero-order chi connectivity index (χ0) is 24.0. The Morgan fingerprint density at radius 3 is 2.61 bits per heavy atom. The molecule has 0 spiro atoms. The number of halogens is 1. The molecule has 176 valence electrons. The molecule has 2 aromatic carbocycles. The van der Waals surface area contributed by atoms with Crippen molar-refractivity contribution in [2.45, 2.75) is 26.3 Å². The smallest absolute Gasteiger partial charge is 0.262 e. The van der Waals surface area contributed by atoms with Crippen molar-refractivity contribution in [1.29, 1.82) is 0 Å². The number of methoxy groups -OCH3 is 2. The van der Waals surface area contributed by atoms with E-state index in [1.807, 2.05) is 24.3 Å². The molecule has 0 bridgehead atoms. The average molecular weight is 456 g/mol. The topological polar surface area (TPSA) is 71.4 Å². The molecule has 1 heterocycles. The highest BCUT2D eigenvalue weighted by Gasteiger charge is 2.36. The van der Waals surface area contributed by atoms with Gasteiger partial charge in [0.2, 0.25) is 5.91 Å². The lowest BCUT2D eigenvalue weighted by molar-refractivity contribution is -0.143. The van der Waals surface area contributed by atoms with Gasteiger partial charge >= 0.3 is 0 Å². The summed E-state index contributed by atoms with van der Waals surface area (Å²) >= 11 is 0. The summed E-state index contributed by atoms with van der Waals surface area (Å²) in [5.74, 6) is -0.552. The lowest BCUT2D eigenvalue weighted by Gasteiger charge is -2.28. The molecule has 7 nitrogen and oxygen atoms in total. The van der Waals surface area contributed by atoms with E-state index < -0.39 is 11.9 Å². The molecule has 2 amide bonds. The Labute approximate surface area is 193 Å². The molecule has 2 aromatic rings. The number of ether oxygens (including phenoxy) is 2. The maximum Gasteiger partial charge on any atom is 0.262 e. The second-order valence-corrected chi connectivity index (χ2v) is 8.17. The van der Waals surface area contributed by atoms with Gasteiger partial charge in [-0.2, -0.15) is 5.10 Å². The van der Waals surface area contributed by atoms with Crippen LogP contribution in [0.25, 0.3) is 0 Å². The highest BCUT2D eigenvalue weighted by Crippen LogP contribution is 2.34. The Kier molecular flexibility index (Phi) is 8.16. The molecule has 3 rings (SSSR count). The summed E-state index contributed by atoms with van der Waals surface area (Å²) in [4.78, 5) is 27.5.